The molecule has 1 heterocycles. The monoisotopic (exact) mass is 534 g/mol. The Morgan fingerprint density at radius 3 is 2.49 bits per heavy atom. The first kappa shape index (κ1) is 25.9. The minimum absolute atomic E-state index is 0.154. The van der Waals surface area contributed by atoms with Crippen LogP contribution in [0.4, 0.5) is 5.69 Å². The van der Waals surface area contributed by atoms with Crippen molar-refractivity contribution in [2.75, 3.05) is 19.5 Å². The van der Waals surface area contributed by atoms with Crippen LogP contribution in [0.25, 0.3) is 10.9 Å². The van der Waals surface area contributed by atoms with Crippen molar-refractivity contribution < 1.29 is 19.1 Å². The molecule has 0 aliphatic rings. The Morgan fingerprint density at radius 1 is 1.00 bits per heavy atom. The number of anilines is 1. The molecule has 3 aromatic carbocycles. The molecule has 8 nitrogen and oxygen atoms in total. The number of nitrogens with zero attached hydrogens (tertiary/aromatic N) is 1. The highest BCUT2D eigenvalue weighted by atomic mass is 35.5. The quantitative estimate of drug-likeness (QED) is 0.283. The molecule has 4 aromatic rings. The van der Waals surface area contributed by atoms with Gasteiger partial charge in [-0.15, -0.1) is 0 Å². The first-order valence-electron chi connectivity index (χ1n) is 11.2. The number of amides is 2. The topological polar surface area (TPSA) is 102 Å². The molecule has 3 N–H and O–H groups in total. The van der Waals surface area contributed by atoms with Gasteiger partial charge in [-0.2, -0.15) is 0 Å². The third kappa shape index (κ3) is 6.32. The molecule has 0 fully saturated rings. The standard InChI is InChI=1S/C27H23ClN4O4S/c1-29-26(34)19-14-18-21(15-24(19)35-2)30-11-10-22(18)36-23-9-8-17(13-20(23)28)31-27(37)32-25(33)12-16-6-4-3-5-7-16/h3-11,13-15H,12H2,1-2H3,(H,29,34)(H2,31,32,33,37). The van der Waals surface area contributed by atoms with Crippen LogP contribution in [0, 0.1) is 0 Å². The smallest absolute Gasteiger partial charge is 0.254 e. The second-order valence-corrected chi connectivity index (χ2v) is 8.69. The Balaban J connectivity index is 1.48. The summed E-state index contributed by atoms with van der Waals surface area (Å²) in [7, 11) is 3.03. The molecule has 0 bridgehead atoms. The van der Waals surface area contributed by atoms with Gasteiger partial charge in [0.15, 0.2) is 5.11 Å². The maximum atomic E-state index is 12.3. The van der Waals surface area contributed by atoms with Crippen LogP contribution in [0.15, 0.2) is 72.9 Å². The van der Waals surface area contributed by atoms with Crippen molar-refractivity contribution in [1.29, 1.82) is 0 Å². The average Bonchev–Trinajstić information content (AvgIpc) is 2.89. The predicted molar refractivity (Wildman–Crippen MR) is 148 cm³/mol. The van der Waals surface area contributed by atoms with Gasteiger partial charge in [-0.25, -0.2) is 0 Å². The fourth-order valence-corrected chi connectivity index (χ4v) is 4.06. The fraction of sp³-hybridized carbons (Fsp3) is 0.111. The van der Waals surface area contributed by atoms with Crippen molar-refractivity contribution in [2.45, 2.75) is 6.42 Å². The summed E-state index contributed by atoms with van der Waals surface area (Å²) in [6.45, 7) is 0. The molecule has 1 aromatic heterocycles. The highest BCUT2D eigenvalue weighted by Crippen LogP contribution is 2.36. The summed E-state index contributed by atoms with van der Waals surface area (Å²) in [5.41, 5.74) is 2.40. The molecular formula is C27H23ClN4O4S. The molecule has 2 amide bonds. The number of hydrogen-bond acceptors (Lipinski definition) is 6. The van der Waals surface area contributed by atoms with Gasteiger partial charge in [0.25, 0.3) is 5.91 Å². The number of aromatic nitrogens is 1. The van der Waals surface area contributed by atoms with Crippen molar-refractivity contribution in [2.24, 2.45) is 0 Å². The number of methoxy groups -OCH3 is 1. The summed E-state index contributed by atoms with van der Waals surface area (Å²) >= 11 is 11.7. The minimum Gasteiger partial charge on any atom is -0.496 e. The number of carbonyl (C=O) groups is 2. The van der Waals surface area contributed by atoms with Crippen molar-refractivity contribution >= 4 is 57.3 Å². The van der Waals surface area contributed by atoms with E-state index in [1.165, 1.54) is 7.11 Å². The number of nitrogens with one attached hydrogen (secondary N) is 3. The van der Waals surface area contributed by atoms with Gasteiger partial charge in [0.1, 0.15) is 17.2 Å². The second kappa shape index (κ2) is 11.7. The highest BCUT2D eigenvalue weighted by molar-refractivity contribution is 7.80. The summed E-state index contributed by atoms with van der Waals surface area (Å²) in [5.74, 6) is 0.720. The van der Waals surface area contributed by atoms with E-state index in [0.29, 0.717) is 44.4 Å². The van der Waals surface area contributed by atoms with Crippen LogP contribution in [-0.2, 0) is 11.2 Å². The Kier molecular flexibility index (Phi) is 8.17. The number of halogens is 1. The van der Waals surface area contributed by atoms with Crippen molar-refractivity contribution in [3.8, 4) is 17.2 Å². The van der Waals surface area contributed by atoms with Gasteiger partial charge in [0, 0.05) is 30.4 Å². The maximum Gasteiger partial charge on any atom is 0.254 e. The molecule has 10 heteroatoms. The van der Waals surface area contributed by atoms with Crippen LogP contribution in [0.2, 0.25) is 5.02 Å². The van der Waals surface area contributed by atoms with E-state index in [1.54, 1.807) is 49.6 Å². The van der Waals surface area contributed by atoms with Gasteiger partial charge in [0.05, 0.1) is 29.6 Å². The molecule has 4 rings (SSSR count). The largest absolute Gasteiger partial charge is 0.496 e. The van der Waals surface area contributed by atoms with E-state index in [1.807, 2.05) is 30.3 Å². The summed E-state index contributed by atoms with van der Waals surface area (Å²) in [6, 6.07) is 19.4. The van der Waals surface area contributed by atoms with E-state index in [2.05, 4.69) is 20.9 Å². The molecule has 188 valence electrons. The third-order valence-electron chi connectivity index (χ3n) is 5.36. The van der Waals surface area contributed by atoms with Crippen LogP contribution in [0.5, 0.6) is 17.2 Å². The van der Waals surface area contributed by atoms with Gasteiger partial charge in [0.2, 0.25) is 5.91 Å². The van der Waals surface area contributed by atoms with E-state index in [-0.39, 0.29) is 23.3 Å². The lowest BCUT2D eigenvalue weighted by atomic mass is 10.1. The summed E-state index contributed by atoms with van der Waals surface area (Å²) in [4.78, 5) is 28.9. The van der Waals surface area contributed by atoms with E-state index < -0.39 is 0 Å². The lowest BCUT2D eigenvalue weighted by Crippen LogP contribution is -2.35. The van der Waals surface area contributed by atoms with Gasteiger partial charge >= 0.3 is 0 Å². The lowest BCUT2D eigenvalue weighted by molar-refractivity contribution is -0.119. The van der Waals surface area contributed by atoms with E-state index >= 15 is 0 Å². The van der Waals surface area contributed by atoms with Gasteiger partial charge in [-0.3, -0.25) is 14.6 Å². The van der Waals surface area contributed by atoms with Crippen LogP contribution in [0.3, 0.4) is 0 Å². The lowest BCUT2D eigenvalue weighted by Gasteiger charge is -2.14. The van der Waals surface area contributed by atoms with Crippen LogP contribution < -0.4 is 25.4 Å². The molecule has 0 radical (unpaired) electrons. The summed E-state index contributed by atoms with van der Waals surface area (Å²) < 4.78 is 11.4. The van der Waals surface area contributed by atoms with Crippen molar-refractivity contribution in [3.05, 3.63) is 89.1 Å². The molecular weight excluding hydrogens is 512 g/mol. The Bertz CT molecular complexity index is 1480. The van der Waals surface area contributed by atoms with E-state index in [0.717, 1.165) is 5.56 Å². The molecule has 0 aliphatic carbocycles. The van der Waals surface area contributed by atoms with Gasteiger partial charge in [-0.05, 0) is 48.1 Å². The van der Waals surface area contributed by atoms with Crippen LogP contribution in [-0.4, -0.2) is 36.1 Å². The molecule has 0 saturated heterocycles. The van der Waals surface area contributed by atoms with Crippen LogP contribution >= 0.6 is 23.8 Å². The number of ether oxygens (including phenoxy) is 2. The zero-order valence-electron chi connectivity index (χ0n) is 20.0. The zero-order chi connectivity index (χ0) is 26.4. The number of benzene rings is 3. The molecule has 0 aliphatic heterocycles. The van der Waals surface area contributed by atoms with Gasteiger partial charge in [-0.1, -0.05) is 41.9 Å². The van der Waals surface area contributed by atoms with Crippen molar-refractivity contribution in [3.63, 3.8) is 0 Å². The number of fused-ring (bicyclic) bond motifs is 1. The number of hydrogen-bond donors (Lipinski definition) is 3. The Labute approximate surface area is 223 Å². The number of carbonyl (C=O) groups excluding carboxylic acids is 2. The zero-order valence-corrected chi connectivity index (χ0v) is 21.6. The Morgan fingerprint density at radius 2 is 1.78 bits per heavy atom. The second-order valence-electron chi connectivity index (χ2n) is 7.87. The summed E-state index contributed by atoms with van der Waals surface area (Å²) in [6.07, 6.45) is 1.81. The van der Waals surface area contributed by atoms with Gasteiger partial charge < -0.3 is 25.4 Å². The number of rotatable bonds is 7. The van der Waals surface area contributed by atoms with E-state index in [4.69, 9.17) is 33.3 Å². The minimum atomic E-state index is -0.297. The summed E-state index contributed by atoms with van der Waals surface area (Å²) in [5, 5.41) is 9.29. The fourth-order valence-electron chi connectivity index (χ4n) is 3.61. The predicted octanol–water partition coefficient (Wildman–Crippen LogP) is 5.10. The molecule has 0 atom stereocenters. The molecule has 0 spiro atoms. The van der Waals surface area contributed by atoms with E-state index in [9.17, 15) is 9.59 Å². The number of pyridine rings is 1. The normalized spacial score (nSPS) is 10.5. The first-order valence-corrected chi connectivity index (χ1v) is 12.0. The molecule has 0 unspecified atom stereocenters. The maximum absolute atomic E-state index is 12.3. The first-order chi connectivity index (χ1) is 17.9. The average molecular weight is 535 g/mol. The molecule has 0 saturated carbocycles. The Hall–Kier alpha value is -4.21. The van der Waals surface area contributed by atoms with Crippen molar-refractivity contribution in [1.82, 2.24) is 15.6 Å². The third-order valence-corrected chi connectivity index (χ3v) is 5.86. The SMILES string of the molecule is CNC(=O)c1cc2c(Oc3ccc(NC(=S)NC(=O)Cc4ccccc4)cc3Cl)ccnc2cc1OC. The molecule has 37 heavy (non-hydrogen) atoms. The highest BCUT2D eigenvalue weighted by Gasteiger charge is 2.16. The van der Waals surface area contributed by atoms with Crippen LogP contribution in [0.1, 0.15) is 15.9 Å². The number of thiocarbonyl (C=S) groups is 1.